The summed E-state index contributed by atoms with van der Waals surface area (Å²) in [5.41, 5.74) is 4.87. The van der Waals surface area contributed by atoms with Gasteiger partial charge in [0.2, 0.25) is 0 Å². The first kappa shape index (κ1) is 9.93. The normalized spacial score (nSPS) is 47.2. The van der Waals surface area contributed by atoms with Gasteiger partial charge < -0.3 is 0 Å². The average molecular weight is 204 g/mol. The fraction of sp³-hybridized carbons (Fsp3) is 0.867. The van der Waals surface area contributed by atoms with Gasteiger partial charge >= 0.3 is 0 Å². The Morgan fingerprint density at radius 3 is 2.60 bits per heavy atom. The van der Waals surface area contributed by atoms with Crippen molar-refractivity contribution >= 4 is 0 Å². The van der Waals surface area contributed by atoms with Crippen molar-refractivity contribution in [2.75, 3.05) is 0 Å². The van der Waals surface area contributed by atoms with Gasteiger partial charge in [-0.3, -0.25) is 0 Å². The molecule has 0 amide bonds. The molecule has 0 heteroatoms. The third-order valence-electron chi connectivity index (χ3n) is 6.38. The smallest absolute Gasteiger partial charge is 0.00596 e. The topological polar surface area (TPSA) is 0 Å². The Morgan fingerprint density at radius 2 is 1.87 bits per heavy atom. The van der Waals surface area contributed by atoms with E-state index in [2.05, 4.69) is 27.7 Å². The second-order valence-corrected chi connectivity index (χ2v) is 6.94. The van der Waals surface area contributed by atoms with Crippen LogP contribution < -0.4 is 0 Å². The highest BCUT2D eigenvalue weighted by Crippen LogP contribution is 2.67. The Balaban J connectivity index is 2.13. The van der Waals surface area contributed by atoms with Gasteiger partial charge in [-0.2, -0.15) is 0 Å². The van der Waals surface area contributed by atoms with Gasteiger partial charge in [0, 0.05) is 0 Å². The van der Waals surface area contributed by atoms with Crippen LogP contribution in [0.25, 0.3) is 0 Å². The van der Waals surface area contributed by atoms with Crippen LogP contribution in [-0.2, 0) is 0 Å². The molecule has 0 saturated heterocycles. The van der Waals surface area contributed by atoms with E-state index in [1.165, 1.54) is 32.1 Å². The lowest BCUT2D eigenvalue weighted by atomic mass is 9.57. The first-order valence-corrected chi connectivity index (χ1v) is 6.69. The molecule has 15 heavy (non-hydrogen) atoms. The van der Waals surface area contributed by atoms with Crippen molar-refractivity contribution in [2.45, 2.75) is 59.8 Å². The third kappa shape index (κ3) is 0.990. The van der Waals surface area contributed by atoms with Crippen LogP contribution in [0.5, 0.6) is 0 Å². The predicted octanol–water partition coefficient (Wildman–Crippen LogP) is 4.56. The summed E-state index contributed by atoms with van der Waals surface area (Å²) in [4.78, 5) is 0. The van der Waals surface area contributed by atoms with Crippen LogP contribution in [0, 0.1) is 22.7 Å². The number of allylic oxidation sites excluding steroid dienone is 2. The van der Waals surface area contributed by atoms with E-state index in [1.54, 1.807) is 0 Å². The predicted molar refractivity (Wildman–Crippen MR) is 64.7 cm³/mol. The molecule has 2 bridgehead atoms. The monoisotopic (exact) mass is 204 g/mol. The standard InChI is InChI=1S/C15H24/c1-10-5-6-13-12(10)9-11-7-8-15(13,4)14(11,2)3/h10-11H,5-9H2,1-4H3/t10-,11-,15-/m0/s1. The Morgan fingerprint density at radius 1 is 1.13 bits per heavy atom. The summed E-state index contributed by atoms with van der Waals surface area (Å²) in [7, 11) is 0. The molecule has 0 heterocycles. The Hall–Kier alpha value is -0.260. The van der Waals surface area contributed by atoms with Crippen molar-refractivity contribution in [1.29, 1.82) is 0 Å². The number of rotatable bonds is 0. The molecule has 3 aliphatic rings. The minimum Gasteiger partial charge on any atom is -0.0673 e. The zero-order valence-electron chi connectivity index (χ0n) is 10.7. The van der Waals surface area contributed by atoms with E-state index in [0.717, 1.165) is 11.8 Å². The van der Waals surface area contributed by atoms with Crippen molar-refractivity contribution < 1.29 is 0 Å². The summed E-state index contributed by atoms with van der Waals surface area (Å²) in [5, 5.41) is 0. The van der Waals surface area contributed by atoms with E-state index in [4.69, 9.17) is 0 Å². The molecule has 0 N–H and O–H groups in total. The Bertz CT molecular complexity index is 334. The minimum atomic E-state index is 0.552. The third-order valence-corrected chi connectivity index (χ3v) is 6.38. The molecule has 1 saturated carbocycles. The molecule has 0 nitrogen and oxygen atoms in total. The lowest BCUT2D eigenvalue weighted by Crippen LogP contribution is -2.39. The zero-order valence-corrected chi connectivity index (χ0v) is 10.7. The van der Waals surface area contributed by atoms with E-state index >= 15 is 0 Å². The molecule has 0 spiro atoms. The van der Waals surface area contributed by atoms with Crippen LogP contribution in [0.2, 0.25) is 0 Å². The average Bonchev–Trinajstić information content (AvgIpc) is 2.55. The van der Waals surface area contributed by atoms with E-state index in [9.17, 15) is 0 Å². The summed E-state index contributed by atoms with van der Waals surface area (Å²) in [6.07, 6.45) is 7.20. The van der Waals surface area contributed by atoms with E-state index in [-0.39, 0.29) is 0 Å². The molecular weight excluding hydrogens is 180 g/mol. The second-order valence-electron chi connectivity index (χ2n) is 6.94. The van der Waals surface area contributed by atoms with Gasteiger partial charge in [-0.15, -0.1) is 0 Å². The van der Waals surface area contributed by atoms with E-state index in [1.807, 2.05) is 11.1 Å². The van der Waals surface area contributed by atoms with Gasteiger partial charge in [0.05, 0.1) is 0 Å². The van der Waals surface area contributed by atoms with Crippen LogP contribution in [0.1, 0.15) is 59.8 Å². The van der Waals surface area contributed by atoms with Crippen molar-refractivity contribution in [3.8, 4) is 0 Å². The van der Waals surface area contributed by atoms with Gasteiger partial charge in [0.25, 0.3) is 0 Å². The molecule has 0 aliphatic heterocycles. The molecule has 0 aromatic rings. The number of hydrogen-bond donors (Lipinski definition) is 0. The van der Waals surface area contributed by atoms with Crippen LogP contribution in [0.4, 0.5) is 0 Å². The van der Waals surface area contributed by atoms with Gasteiger partial charge in [-0.1, -0.05) is 38.8 Å². The maximum absolute atomic E-state index is 2.56. The molecule has 0 radical (unpaired) electrons. The fourth-order valence-electron chi connectivity index (χ4n) is 4.71. The molecule has 84 valence electrons. The molecule has 1 fully saturated rings. The summed E-state index contributed by atoms with van der Waals surface area (Å²) in [6.45, 7) is 10.1. The van der Waals surface area contributed by atoms with Crippen LogP contribution in [-0.4, -0.2) is 0 Å². The molecule has 3 atom stereocenters. The quantitative estimate of drug-likeness (QED) is 0.507. The van der Waals surface area contributed by atoms with E-state index in [0.29, 0.717) is 10.8 Å². The summed E-state index contributed by atoms with van der Waals surface area (Å²) < 4.78 is 0. The lowest BCUT2D eigenvalue weighted by molar-refractivity contribution is 0.106. The van der Waals surface area contributed by atoms with Crippen molar-refractivity contribution in [2.24, 2.45) is 22.7 Å². The van der Waals surface area contributed by atoms with Gasteiger partial charge in [0.1, 0.15) is 0 Å². The number of hydrogen-bond acceptors (Lipinski definition) is 0. The van der Waals surface area contributed by atoms with Crippen molar-refractivity contribution in [3.63, 3.8) is 0 Å². The molecule has 0 unspecified atom stereocenters. The maximum atomic E-state index is 2.56. The van der Waals surface area contributed by atoms with Crippen molar-refractivity contribution in [3.05, 3.63) is 11.1 Å². The highest BCUT2D eigenvalue weighted by Gasteiger charge is 2.57. The zero-order chi connectivity index (χ0) is 10.8. The van der Waals surface area contributed by atoms with Gasteiger partial charge in [-0.05, 0) is 54.8 Å². The number of fused-ring (bicyclic) bond motifs is 3. The molecule has 0 aromatic carbocycles. The summed E-state index contributed by atoms with van der Waals surface area (Å²) in [5.74, 6) is 1.87. The van der Waals surface area contributed by atoms with Crippen molar-refractivity contribution in [1.82, 2.24) is 0 Å². The van der Waals surface area contributed by atoms with Gasteiger partial charge in [0.15, 0.2) is 0 Å². The van der Waals surface area contributed by atoms with Gasteiger partial charge in [-0.25, -0.2) is 0 Å². The Kier molecular flexibility index (Phi) is 1.79. The maximum Gasteiger partial charge on any atom is -0.00596 e. The molecule has 3 rings (SSSR count). The minimum absolute atomic E-state index is 0.552. The van der Waals surface area contributed by atoms with Crippen LogP contribution in [0.15, 0.2) is 11.1 Å². The lowest BCUT2D eigenvalue weighted by Gasteiger charge is -2.47. The highest BCUT2D eigenvalue weighted by atomic mass is 14.6. The fourth-order valence-corrected chi connectivity index (χ4v) is 4.71. The molecular formula is C15H24. The summed E-state index contributed by atoms with van der Waals surface area (Å²) >= 11 is 0. The first-order valence-electron chi connectivity index (χ1n) is 6.69. The molecule has 0 aromatic heterocycles. The summed E-state index contributed by atoms with van der Waals surface area (Å²) in [6, 6.07) is 0. The highest BCUT2D eigenvalue weighted by molar-refractivity contribution is 5.36. The molecule has 3 aliphatic carbocycles. The van der Waals surface area contributed by atoms with Crippen LogP contribution in [0.3, 0.4) is 0 Å². The Labute approximate surface area is 94.1 Å². The first-order chi connectivity index (χ1) is 6.97. The SMILES string of the molecule is C[C@H]1CCC2=C1C[C@@H]1CC[C@]2(C)C1(C)C. The largest absolute Gasteiger partial charge is 0.0673 e. The van der Waals surface area contributed by atoms with E-state index < -0.39 is 0 Å². The second kappa shape index (κ2) is 2.70. The van der Waals surface area contributed by atoms with Crippen LogP contribution >= 0.6 is 0 Å².